The van der Waals surface area contributed by atoms with Crippen molar-refractivity contribution in [2.24, 2.45) is 0 Å². The van der Waals surface area contributed by atoms with Gasteiger partial charge in [0.1, 0.15) is 11.4 Å². The summed E-state index contributed by atoms with van der Waals surface area (Å²) in [5.74, 6) is 1.09. The van der Waals surface area contributed by atoms with E-state index in [0.29, 0.717) is 11.5 Å². The molecule has 4 rings (SSSR count). The van der Waals surface area contributed by atoms with Crippen molar-refractivity contribution in [1.29, 1.82) is 0 Å². The lowest BCUT2D eigenvalue weighted by atomic mass is 9.89. The lowest BCUT2D eigenvalue weighted by Crippen LogP contribution is -2.42. The van der Waals surface area contributed by atoms with E-state index in [-0.39, 0.29) is 17.6 Å². The Balaban J connectivity index is 1.48. The number of rotatable bonds is 3. The summed E-state index contributed by atoms with van der Waals surface area (Å²) in [6, 6.07) is 14.2. The maximum atomic E-state index is 12.0. The molecule has 2 N–H and O–H groups in total. The first-order valence-corrected chi connectivity index (χ1v) is 10.5. The van der Waals surface area contributed by atoms with Gasteiger partial charge >= 0.3 is 0 Å². The Morgan fingerprint density at radius 3 is 2.83 bits per heavy atom. The van der Waals surface area contributed by atoms with Gasteiger partial charge in [-0.1, -0.05) is 18.2 Å². The summed E-state index contributed by atoms with van der Waals surface area (Å²) in [6.07, 6.45) is 2.35. The van der Waals surface area contributed by atoms with E-state index in [0.717, 1.165) is 42.1 Å². The number of hydrogen-bond acceptors (Lipinski definition) is 3. The maximum Gasteiger partial charge on any atom is 0.227 e. The van der Waals surface area contributed by atoms with Gasteiger partial charge in [-0.05, 0) is 69.2 Å². The molecule has 0 bridgehead atoms. The minimum atomic E-state index is -0.274. The largest absolute Gasteiger partial charge is 0.487 e. The van der Waals surface area contributed by atoms with E-state index in [2.05, 4.69) is 49.6 Å². The number of anilines is 2. The molecule has 0 radical (unpaired) electrons. The Bertz CT molecular complexity index is 957. The fourth-order valence-electron chi connectivity index (χ4n) is 4.09. The van der Waals surface area contributed by atoms with Crippen molar-refractivity contribution in [2.75, 3.05) is 16.8 Å². The predicted molar refractivity (Wildman–Crippen MR) is 121 cm³/mol. The molecule has 6 heteroatoms. The van der Waals surface area contributed by atoms with Gasteiger partial charge in [0.2, 0.25) is 5.91 Å². The summed E-state index contributed by atoms with van der Waals surface area (Å²) in [5, 5.41) is 7.29. The molecule has 2 heterocycles. The van der Waals surface area contributed by atoms with E-state index < -0.39 is 0 Å². The van der Waals surface area contributed by atoms with Crippen LogP contribution in [0.5, 0.6) is 5.75 Å². The summed E-state index contributed by atoms with van der Waals surface area (Å²) in [6.45, 7) is 7.04. The third kappa shape index (κ3) is 4.37. The second-order valence-electron chi connectivity index (χ2n) is 8.46. The molecule has 1 saturated heterocycles. The molecule has 1 amide bonds. The van der Waals surface area contributed by atoms with E-state index >= 15 is 0 Å². The standard InChI is InChI=1S/C23H27N3O2S/c1-15-9-10-18-19(14-23(2,3)28-20(18)12-15)25-22(29)24-16-6-4-7-17(13-16)26-11-5-8-21(26)27/h4,6-7,9-10,12-13,19H,5,8,11,14H2,1-3H3,(H2,24,25,29)/t19-/m1/s1. The van der Waals surface area contributed by atoms with Crippen LogP contribution in [0.1, 0.15) is 50.3 Å². The van der Waals surface area contributed by atoms with Crippen molar-refractivity contribution >= 4 is 34.6 Å². The molecular formula is C23H27N3O2S. The number of amides is 1. The second-order valence-corrected chi connectivity index (χ2v) is 8.87. The van der Waals surface area contributed by atoms with E-state index in [4.69, 9.17) is 17.0 Å². The Morgan fingerprint density at radius 1 is 1.24 bits per heavy atom. The fraction of sp³-hybridized carbons (Fsp3) is 0.391. The lowest BCUT2D eigenvalue weighted by molar-refractivity contribution is -0.117. The van der Waals surface area contributed by atoms with Crippen molar-refractivity contribution in [1.82, 2.24) is 5.32 Å². The fourth-order valence-corrected chi connectivity index (χ4v) is 4.35. The summed E-state index contributed by atoms with van der Waals surface area (Å²) in [5.41, 5.74) is 3.80. The Labute approximate surface area is 177 Å². The van der Waals surface area contributed by atoms with Crippen LogP contribution < -0.4 is 20.3 Å². The highest BCUT2D eigenvalue weighted by molar-refractivity contribution is 7.80. The van der Waals surface area contributed by atoms with E-state index in [1.807, 2.05) is 29.2 Å². The molecule has 0 unspecified atom stereocenters. The van der Waals surface area contributed by atoms with Crippen LogP contribution in [0.15, 0.2) is 42.5 Å². The normalized spacial score (nSPS) is 20.0. The van der Waals surface area contributed by atoms with Crippen LogP contribution in [0, 0.1) is 6.92 Å². The number of ether oxygens (including phenoxy) is 1. The topological polar surface area (TPSA) is 53.6 Å². The SMILES string of the molecule is Cc1ccc2c(c1)OC(C)(C)C[C@H]2NC(=S)Nc1cccc(N2CCCC2=O)c1. The molecule has 0 aliphatic carbocycles. The molecule has 0 spiro atoms. The average molecular weight is 410 g/mol. The number of fused-ring (bicyclic) bond motifs is 1. The zero-order valence-electron chi connectivity index (χ0n) is 17.1. The summed E-state index contributed by atoms with van der Waals surface area (Å²) < 4.78 is 6.17. The molecule has 2 aliphatic heterocycles. The van der Waals surface area contributed by atoms with E-state index in [1.54, 1.807) is 0 Å². The number of carbonyl (C=O) groups excluding carboxylic acids is 1. The molecule has 5 nitrogen and oxygen atoms in total. The van der Waals surface area contributed by atoms with Gasteiger partial charge in [-0.15, -0.1) is 0 Å². The number of thiocarbonyl (C=S) groups is 1. The monoisotopic (exact) mass is 409 g/mol. The van der Waals surface area contributed by atoms with Crippen molar-refractivity contribution in [3.8, 4) is 5.75 Å². The zero-order chi connectivity index (χ0) is 20.6. The first-order chi connectivity index (χ1) is 13.8. The Kier molecular flexibility index (Phi) is 5.21. The first kappa shape index (κ1) is 19.7. The molecule has 2 aromatic carbocycles. The third-order valence-corrected chi connectivity index (χ3v) is 5.64. The molecule has 1 fully saturated rings. The number of aryl methyl sites for hydroxylation is 1. The predicted octanol–water partition coefficient (Wildman–Crippen LogP) is 4.71. The minimum Gasteiger partial charge on any atom is -0.487 e. The van der Waals surface area contributed by atoms with Gasteiger partial charge in [0.25, 0.3) is 0 Å². The maximum absolute atomic E-state index is 12.0. The van der Waals surface area contributed by atoms with Crippen LogP contribution in [0.2, 0.25) is 0 Å². The van der Waals surface area contributed by atoms with Gasteiger partial charge in [0.15, 0.2) is 5.11 Å². The van der Waals surface area contributed by atoms with Crippen LogP contribution >= 0.6 is 12.2 Å². The lowest BCUT2D eigenvalue weighted by Gasteiger charge is -2.38. The van der Waals surface area contributed by atoms with Crippen molar-refractivity contribution in [3.05, 3.63) is 53.6 Å². The van der Waals surface area contributed by atoms with Gasteiger partial charge in [-0.2, -0.15) is 0 Å². The minimum absolute atomic E-state index is 0.0673. The third-order valence-electron chi connectivity index (χ3n) is 5.42. The van der Waals surface area contributed by atoms with Crippen LogP contribution in [0.3, 0.4) is 0 Å². The van der Waals surface area contributed by atoms with Gasteiger partial charge in [-0.3, -0.25) is 4.79 Å². The number of carbonyl (C=O) groups is 1. The summed E-state index contributed by atoms with van der Waals surface area (Å²) >= 11 is 5.60. The molecular weight excluding hydrogens is 382 g/mol. The van der Waals surface area contributed by atoms with Crippen LogP contribution in [0.25, 0.3) is 0 Å². The quantitative estimate of drug-likeness (QED) is 0.719. The smallest absolute Gasteiger partial charge is 0.227 e. The van der Waals surface area contributed by atoms with E-state index in [9.17, 15) is 4.79 Å². The highest BCUT2D eigenvalue weighted by Crippen LogP contribution is 2.40. The van der Waals surface area contributed by atoms with Gasteiger partial charge in [-0.25, -0.2) is 0 Å². The van der Waals surface area contributed by atoms with Crippen LogP contribution in [-0.4, -0.2) is 23.2 Å². The van der Waals surface area contributed by atoms with Gasteiger partial charge in [0, 0.05) is 36.3 Å². The zero-order valence-corrected chi connectivity index (χ0v) is 17.9. The van der Waals surface area contributed by atoms with Crippen LogP contribution in [-0.2, 0) is 4.79 Å². The first-order valence-electron chi connectivity index (χ1n) is 10.1. The average Bonchev–Trinajstić information content (AvgIpc) is 3.06. The molecule has 1 atom stereocenters. The van der Waals surface area contributed by atoms with Crippen LogP contribution in [0.4, 0.5) is 11.4 Å². The Hall–Kier alpha value is -2.60. The molecule has 2 aliphatic rings. The summed E-state index contributed by atoms with van der Waals surface area (Å²) in [4.78, 5) is 13.9. The van der Waals surface area contributed by atoms with Gasteiger partial charge < -0.3 is 20.3 Å². The second kappa shape index (κ2) is 7.67. The molecule has 2 aromatic rings. The van der Waals surface area contributed by atoms with Crippen molar-refractivity contribution in [2.45, 2.75) is 51.7 Å². The van der Waals surface area contributed by atoms with Crippen molar-refractivity contribution in [3.63, 3.8) is 0 Å². The molecule has 0 saturated carbocycles. The molecule has 29 heavy (non-hydrogen) atoms. The Morgan fingerprint density at radius 2 is 2.07 bits per heavy atom. The molecule has 152 valence electrons. The molecule has 0 aromatic heterocycles. The number of nitrogens with zero attached hydrogens (tertiary/aromatic N) is 1. The number of benzene rings is 2. The van der Waals surface area contributed by atoms with Crippen molar-refractivity contribution < 1.29 is 9.53 Å². The highest BCUT2D eigenvalue weighted by atomic mass is 32.1. The number of hydrogen-bond donors (Lipinski definition) is 2. The van der Waals surface area contributed by atoms with E-state index in [1.165, 1.54) is 5.56 Å². The van der Waals surface area contributed by atoms with Gasteiger partial charge in [0.05, 0.1) is 6.04 Å². The summed E-state index contributed by atoms with van der Waals surface area (Å²) in [7, 11) is 0. The highest BCUT2D eigenvalue weighted by Gasteiger charge is 2.34. The number of nitrogens with one attached hydrogen (secondary N) is 2.